The molecule has 0 spiro atoms. The average Bonchev–Trinajstić information content (AvgIpc) is 2.84. The van der Waals surface area contributed by atoms with E-state index >= 15 is 0 Å². The van der Waals surface area contributed by atoms with E-state index in [1.165, 1.54) is 5.56 Å². The summed E-state index contributed by atoms with van der Waals surface area (Å²) in [4.78, 5) is 7.14. The highest BCUT2D eigenvalue weighted by Crippen LogP contribution is 2.41. The average molecular weight is 477 g/mol. The number of para-hydroxylation sites is 4. The van der Waals surface area contributed by atoms with Gasteiger partial charge in [0.1, 0.15) is 5.75 Å². The number of phenols is 1. The van der Waals surface area contributed by atoms with Crippen LogP contribution in [0, 0.1) is 0 Å². The quantitative estimate of drug-likeness (QED) is 0.291. The Kier molecular flexibility index (Phi) is 7.03. The van der Waals surface area contributed by atoms with Gasteiger partial charge in [-0.25, -0.2) is 0 Å². The highest BCUT2D eigenvalue weighted by atomic mass is 16.3. The zero-order valence-electron chi connectivity index (χ0n) is 22.2. The summed E-state index contributed by atoms with van der Waals surface area (Å²) in [5.74, 6) is 0.291. The third-order valence-corrected chi connectivity index (χ3v) is 6.31. The van der Waals surface area contributed by atoms with Gasteiger partial charge in [0.15, 0.2) is 0 Å². The lowest BCUT2D eigenvalue weighted by atomic mass is 9.79. The standard InChI is InChI=1S/C33H36N2O/c1-32(2,3)25-21-24(31(36)28(22-25)33(4,5)6)23-34-29-19-13-14-20-30(29)35(26-15-9-7-10-16-26)27-17-11-8-12-18-27/h7-23,36H,1-6H3. The zero-order valence-corrected chi connectivity index (χ0v) is 22.2. The Labute approximate surface area is 215 Å². The molecule has 0 atom stereocenters. The van der Waals surface area contributed by atoms with Crippen molar-refractivity contribution in [1.29, 1.82) is 0 Å². The molecule has 0 fully saturated rings. The molecule has 3 nitrogen and oxygen atoms in total. The normalized spacial score (nSPS) is 12.2. The molecule has 3 heteroatoms. The van der Waals surface area contributed by atoms with Crippen LogP contribution in [0.25, 0.3) is 0 Å². The van der Waals surface area contributed by atoms with Gasteiger partial charge in [-0.05, 0) is 58.9 Å². The van der Waals surface area contributed by atoms with Gasteiger partial charge in [0, 0.05) is 28.7 Å². The van der Waals surface area contributed by atoms with Gasteiger partial charge >= 0.3 is 0 Å². The van der Waals surface area contributed by atoms with Gasteiger partial charge in [-0.2, -0.15) is 0 Å². The fourth-order valence-electron chi connectivity index (χ4n) is 4.24. The summed E-state index contributed by atoms with van der Waals surface area (Å²) in [7, 11) is 0. The monoisotopic (exact) mass is 476 g/mol. The second kappa shape index (κ2) is 10.0. The third kappa shape index (κ3) is 5.52. The van der Waals surface area contributed by atoms with Crippen molar-refractivity contribution >= 4 is 29.0 Å². The second-order valence-corrected chi connectivity index (χ2v) is 11.2. The smallest absolute Gasteiger partial charge is 0.128 e. The van der Waals surface area contributed by atoms with E-state index in [9.17, 15) is 5.11 Å². The first-order chi connectivity index (χ1) is 17.1. The van der Waals surface area contributed by atoms with Gasteiger partial charge in [-0.15, -0.1) is 0 Å². The topological polar surface area (TPSA) is 35.8 Å². The van der Waals surface area contributed by atoms with Crippen LogP contribution in [0.3, 0.4) is 0 Å². The molecule has 0 aliphatic carbocycles. The van der Waals surface area contributed by atoms with Crippen molar-refractivity contribution in [3.8, 4) is 5.75 Å². The van der Waals surface area contributed by atoms with Gasteiger partial charge in [0.2, 0.25) is 0 Å². The minimum Gasteiger partial charge on any atom is -0.507 e. The molecule has 0 unspecified atom stereocenters. The molecule has 0 saturated heterocycles. The molecule has 0 heterocycles. The zero-order chi connectivity index (χ0) is 25.9. The van der Waals surface area contributed by atoms with Crippen molar-refractivity contribution in [1.82, 2.24) is 0 Å². The van der Waals surface area contributed by atoms with Crippen LogP contribution in [-0.2, 0) is 10.8 Å². The lowest BCUT2D eigenvalue weighted by molar-refractivity contribution is 0.444. The van der Waals surface area contributed by atoms with Gasteiger partial charge in [0.25, 0.3) is 0 Å². The maximum atomic E-state index is 11.2. The molecule has 0 aliphatic heterocycles. The van der Waals surface area contributed by atoms with E-state index in [2.05, 4.69) is 88.9 Å². The molecule has 0 aliphatic rings. The van der Waals surface area contributed by atoms with Crippen LogP contribution >= 0.6 is 0 Å². The fourth-order valence-corrected chi connectivity index (χ4v) is 4.24. The first-order valence-electron chi connectivity index (χ1n) is 12.5. The van der Waals surface area contributed by atoms with Gasteiger partial charge < -0.3 is 10.0 Å². The SMILES string of the molecule is CC(C)(C)c1cc(C=Nc2ccccc2N(c2ccccc2)c2ccccc2)c(O)c(C(C)(C)C)c1. The Morgan fingerprint density at radius 2 is 1.19 bits per heavy atom. The Morgan fingerprint density at radius 1 is 0.667 bits per heavy atom. The number of rotatable bonds is 5. The number of anilines is 3. The van der Waals surface area contributed by atoms with E-state index in [-0.39, 0.29) is 10.8 Å². The van der Waals surface area contributed by atoms with E-state index in [1.807, 2.05) is 54.6 Å². The first kappa shape index (κ1) is 25.2. The van der Waals surface area contributed by atoms with E-state index in [4.69, 9.17) is 4.99 Å². The summed E-state index contributed by atoms with van der Waals surface area (Å²) >= 11 is 0. The van der Waals surface area contributed by atoms with Crippen LogP contribution in [0.15, 0.2) is 102 Å². The number of hydrogen-bond acceptors (Lipinski definition) is 3. The van der Waals surface area contributed by atoms with E-state index < -0.39 is 0 Å². The van der Waals surface area contributed by atoms with Crippen LogP contribution in [0.1, 0.15) is 58.2 Å². The number of benzene rings is 4. The molecule has 0 amide bonds. The third-order valence-electron chi connectivity index (χ3n) is 6.31. The molecule has 0 saturated carbocycles. The Bertz CT molecular complexity index is 1300. The molecule has 1 N–H and O–H groups in total. The van der Waals surface area contributed by atoms with E-state index in [0.29, 0.717) is 5.75 Å². The van der Waals surface area contributed by atoms with Crippen molar-refractivity contribution in [3.05, 3.63) is 114 Å². The summed E-state index contributed by atoms with van der Waals surface area (Å²) in [6.45, 7) is 13.0. The number of hydrogen-bond donors (Lipinski definition) is 1. The summed E-state index contributed by atoms with van der Waals surface area (Å²) in [6.07, 6.45) is 1.80. The molecule has 4 rings (SSSR count). The predicted molar refractivity (Wildman–Crippen MR) is 154 cm³/mol. The molecule has 4 aromatic carbocycles. The largest absolute Gasteiger partial charge is 0.507 e. The molecule has 184 valence electrons. The summed E-state index contributed by atoms with van der Waals surface area (Å²) in [5, 5.41) is 11.2. The maximum Gasteiger partial charge on any atom is 0.128 e. The van der Waals surface area contributed by atoms with Crippen LogP contribution in [-0.4, -0.2) is 11.3 Å². The highest BCUT2D eigenvalue weighted by Gasteiger charge is 2.24. The summed E-state index contributed by atoms with van der Waals surface area (Å²) < 4.78 is 0. The second-order valence-electron chi connectivity index (χ2n) is 11.2. The Hall–Kier alpha value is -3.85. The van der Waals surface area contributed by atoms with Crippen LogP contribution < -0.4 is 4.90 Å². The molecule has 0 aromatic heterocycles. The summed E-state index contributed by atoms with van der Waals surface area (Å²) in [6, 6.07) is 32.9. The van der Waals surface area contributed by atoms with Crippen molar-refractivity contribution in [3.63, 3.8) is 0 Å². The van der Waals surface area contributed by atoms with Gasteiger partial charge in [-0.1, -0.05) is 96.1 Å². The Morgan fingerprint density at radius 3 is 1.72 bits per heavy atom. The minimum absolute atomic E-state index is 0.0500. The number of nitrogens with zero attached hydrogens (tertiary/aromatic N) is 2. The van der Waals surface area contributed by atoms with Crippen LogP contribution in [0.4, 0.5) is 22.7 Å². The van der Waals surface area contributed by atoms with E-state index in [1.54, 1.807) is 6.21 Å². The number of aliphatic imine (C=N–C) groups is 1. The van der Waals surface area contributed by atoms with Crippen molar-refractivity contribution in [2.24, 2.45) is 4.99 Å². The fraction of sp³-hybridized carbons (Fsp3) is 0.242. The van der Waals surface area contributed by atoms with Crippen LogP contribution in [0.2, 0.25) is 0 Å². The Balaban J connectivity index is 1.85. The number of phenolic OH excluding ortho intramolecular Hbond substituents is 1. The van der Waals surface area contributed by atoms with Crippen molar-refractivity contribution in [2.75, 3.05) is 4.90 Å². The lowest BCUT2D eigenvalue weighted by Crippen LogP contribution is -2.17. The molecule has 0 radical (unpaired) electrons. The van der Waals surface area contributed by atoms with Crippen molar-refractivity contribution < 1.29 is 5.11 Å². The predicted octanol–water partition coefficient (Wildman–Crippen LogP) is 9.21. The molecular formula is C33H36N2O. The minimum atomic E-state index is -0.191. The first-order valence-corrected chi connectivity index (χ1v) is 12.5. The van der Waals surface area contributed by atoms with Gasteiger partial charge in [-0.3, -0.25) is 4.99 Å². The van der Waals surface area contributed by atoms with Crippen molar-refractivity contribution in [2.45, 2.75) is 52.4 Å². The highest BCUT2D eigenvalue weighted by molar-refractivity contribution is 5.90. The van der Waals surface area contributed by atoms with Gasteiger partial charge in [0.05, 0.1) is 11.4 Å². The summed E-state index contributed by atoms with van der Waals surface area (Å²) in [5.41, 5.74) is 6.49. The molecule has 36 heavy (non-hydrogen) atoms. The molecule has 0 bridgehead atoms. The lowest BCUT2D eigenvalue weighted by Gasteiger charge is -2.27. The molecule has 4 aromatic rings. The van der Waals surface area contributed by atoms with Crippen LogP contribution in [0.5, 0.6) is 5.75 Å². The maximum absolute atomic E-state index is 11.2. The van der Waals surface area contributed by atoms with E-state index in [0.717, 1.165) is 33.9 Å². The number of aromatic hydroxyl groups is 1. The molecular weight excluding hydrogens is 440 g/mol.